The van der Waals surface area contributed by atoms with Gasteiger partial charge in [-0.1, -0.05) is 41.9 Å². The molecular formula is C22H19ClN2O5S. The number of ether oxygens (including phenoxy) is 2. The molecule has 7 nitrogen and oxygen atoms in total. The molecule has 0 unspecified atom stereocenters. The molecule has 9 heteroatoms. The van der Waals surface area contributed by atoms with Crippen LogP contribution >= 0.6 is 11.6 Å². The highest BCUT2D eigenvalue weighted by Crippen LogP contribution is 2.30. The summed E-state index contributed by atoms with van der Waals surface area (Å²) in [6.07, 6.45) is -0.364. The number of halogens is 1. The zero-order valence-corrected chi connectivity index (χ0v) is 17.8. The summed E-state index contributed by atoms with van der Waals surface area (Å²) in [5.74, 6) is 0.822. The van der Waals surface area contributed by atoms with Crippen molar-refractivity contribution in [2.45, 2.75) is 11.0 Å². The Morgan fingerprint density at radius 3 is 2.48 bits per heavy atom. The summed E-state index contributed by atoms with van der Waals surface area (Å²) >= 11 is 6.17. The molecule has 4 rings (SSSR count). The van der Waals surface area contributed by atoms with E-state index in [9.17, 15) is 13.2 Å². The SMILES string of the molecule is O=C(NC[C@@H]1COc2ccccc2O1)c1cc(NS(=O)(=O)c2ccccc2)ccc1Cl. The van der Waals surface area contributed by atoms with Gasteiger partial charge in [0, 0.05) is 5.69 Å². The molecule has 3 aromatic carbocycles. The van der Waals surface area contributed by atoms with Gasteiger partial charge in [0.25, 0.3) is 15.9 Å². The van der Waals surface area contributed by atoms with Crippen molar-refractivity contribution >= 4 is 33.2 Å². The Labute approximate surface area is 185 Å². The van der Waals surface area contributed by atoms with E-state index < -0.39 is 15.9 Å². The van der Waals surface area contributed by atoms with Gasteiger partial charge in [-0.2, -0.15) is 0 Å². The van der Waals surface area contributed by atoms with Crippen molar-refractivity contribution in [3.63, 3.8) is 0 Å². The van der Waals surface area contributed by atoms with Crippen LogP contribution in [0.2, 0.25) is 5.02 Å². The molecule has 3 aromatic rings. The number of hydrogen-bond acceptors (Lipinski definition) is 5. The standard InChI is InChI=1S/C22H19ClN2O5S/c23-19-11-10-15(25-31(27,28)17-6-2-1-3-7-17)12-18(19)22(26)24-13-16-14-29-20-8-4-5-9-21(20)30-16/h1-12,16,25H,13-14H2,(H,24,26)/t16-/m1/s1. The molecular weight excluding hydrogens is 440 g/mol. The van der Waals surface area contributed by atoms with Crippen molar-refractivity contribution in [1.82, 2.24) is 5.32 Å². The molecule has 1 aliphatic heterocycles. The molecule has 0 radical (unpaired) electrons. The monoisotopic (exact) mass is 458 g/mol. The smallest absolute Gasteiger partial charge is 0.261 e. The van der Waals surface area contributed by atoms with E-state index in [-0.39, 0.29) is 33.8 Å². The van der Waals surface area contributed by atoms with Gasteiger partial charge in [-0.3, -0.25) is 9.52 Å². The number of sulfonamides is 1. The molecule has 0 aliphatic carbocycles. The second-order valence-corrected chi connectivity index (χ2v) is 8.91. The first-order valence-corrected chi connectivity index (χ1v) is 11.3. The van der Waals surface area contributed by atoms with Crippen molar-refractivity contribution in [1.29, 1.82) is 0 Å². The molecule has 0 bridgehead atoms. The molecule has 0 aromatic heterocycles. The number of hydrogen-bond donors (Lipinski definition) is 2. The third-order valence-electron chi connectivity index (χ3n) is 4.57. The molecule has 0 spiro atoms. The van der Waals surface area contributed by atoms with Gasteiger partial charge in [0.2, 0.25) is 0 Å². The predicted molar refractivity (Wildman–Crippen MR) is 117 cm³/mol. The van der Waals surface area contributed by atoms with Crippen LogP contribution in [0.5, 0.6) is 11.5 Å². The lowest BCUT2D eigenvalue weighted by Crippen LogP contribution is -2.40. The molecule has 0 fully saturated rings. The number of benzene rings is 3. The summed E-state index contributed by atoms with van der Waals surface area (Å²) in [5, 5.41) is 2.96. The molecule has 1 amide bonds. The van der Waals surface area contributed by atoms with Gasteiger partial charge in [0.05, 0.1) is 22.0 Å². The van der Waals surface area contributed by atoms with E-state index in [0.29, 0.717) is 18.1 Å². The lowest BCUT2D eigenvalue weighted by atomic mass is 10.2. The maximum absolute atomic E-state index is 12.7. The number of nitrogens with one attached hydrogen (secondary N) is 2. The Bertz CT molecular complexity index is 1200. The number of amides is 1. The molecule has 2 N–H and O–H groups in total. The molecule has 0 saturated heterocycles. The number of para-hydroxylation sites is 2. The average molecular weight is 459 g/mol. The lowest BCUT2D eigenvalue weighted by Gasteiger charge is -2.26. The predicted octanol–water partition coefficient (Wildman–Crippen LogP) is 3.71. The molecule has 31 heavy (non-hydrogen) atoms. The van der Waals surface area contributed by atoms with Crippen LogP contribution in [0, 0.1) is 0 Å². The first-order chi connectivity index (χ1) is 14.9. The number of carbonyl (C=O) groups excluding carboxylic acids is 1. The Morgan fingerprint density at radius 2 is 1.71 bits per heavy atom. The molecule has 1 aliphatic rings. The minimum Gasteiger partial charge on any atom is -0.486 e. The van der Waals surface area contributed by atoms with Gasteiger partial charge in [-0.25, -0.2) is 8.42 Å². The first kappa shape index (κ1) is 21.0. The molecule has 1 atom stereocenters. The maximum Gasteiger partial charge on any atom is 0.261 e. The fourth-order valence-corrected chi connectivity index (χ4v) is 4.32. The number of anilines is 1. The fourth-order valence-electron chi connectivity index (χ4n) is 3.04. The van der Waals surface area contributed by atoms with Crippen molar-refractivity contribution in [2.24, 2.45) is 0 Å². The fraction of sp³-hybridized carbons (Fsp3) is 0.136. The summed E-state index contributed by atoms with van der Waals surface area (Å²) in [6.45, 7) is 0.491. The van der Waals surface area contributed by atoms with Crippen molar-refractivity contribution in [2.75, 3.05) is 17.9 Å². The van der Waals surface area contributed by atoms with Gasteiger partial charge < -0.3 is 14.8 Å². The van der Waals surface area contributed by atoms with E-state index in [1.165, 1.54) is 30.3 Å². The van der Waals surface area contributed by atoms with Crippen LogP contribution in [0.15, 0.2) is 77.7 Å². The second kappa shape index (κ2) is 8.87. The van der Waals surface area contributed by atoms with Crippen molar-refractivity contribution < 1.29 is 22.7 Å². The quantitative estimate of drug-likeness (QED) is 0.587. The number of rotatable bonds is 6. The van der Waals surface area contributed by atoms with Crippen LogP contribution < -0.4 is 19.5 Å². The maximum atomic E-state index is 12.7. The van der Waals surface area contributed by atoms with Crippen LogP contribution in [-0.4, -0.2) is 33.6 Å². The molecule has 1 heterocycles. The summed E-state index contributed by atoms with van der Waals surface area (Å²) in [4.78, 5) is 12.8. The van der Waals surface area contributed by atoms with Crippen LogP contribution in [0.3, 0.4) is 0 Å². The Balaban J connectivity index is 1.43. The number of carbonyl (C=O) groups is 1. The van der Waals surface area contributed by atoms with Crippen LogP contribution in [0.4, 0.5) is 5.69 Å². The zero-order chi connectivity index (χ0) is 21.8. The Morgan fingerprint density at radius 1 is 1.00 bits per heavy atom. The number of fused-ring (bicyclic) bond motifs is 1. The van der Waals surface area contributed by atoms with Crippen molar-refractivity contribution in [3.05, 3.63) is 83.4 Å². The van der Waals surface area contributed by atoms with E-state index in [1.807, 2.05) is 18.2 Å². The van der Waals surface area contributed by atoms with Crippen LogP contribution in [-0.2, 0) is 10.0 Å². The highest BCUT2D eigenvalue weighted by molar-refractivity contribution is 7.92. The van der Waals surface area contributed by atoms with E-state index in [1.54, 1.807) is 24.3 Å². The summed E-state index contributed by atoms with van der Waals surface area (Å²) in [7, 11) is -3.79. The molecule has 160 valence electrons. The van der Waals surface area contributed by atoms with Gasteiger partial charge in [0.15, 0.2) is 11.5 Å². The lowest BCUT2D eigenvalue weighted by molar-refractivity contribution is 0.0789. The highest BCUT2D eigenvalue weighted by atomic mass is 35.5. The summed E-state index contributed by atoms with van der Waals surface area (Å²) in [6, 6.07) is 19.6. The zero-order valence-electron chi connectivity index (χ0n) is 16.2. The highest BCUT2D eigenvalue weighted by Gasteiger charge is 2.22. The normalized spacial score (nSPS) is 15.2. The van der Waals surface area contributed by atoms with Gasteiger partial charge in [-0.05, 0) is 42.5 Å². The average Bonchev–Trinajstić information content (AvgIpc) is 2.79. The van der Waals surface area contributed by atoms with E-state index in [0.717, 1.165) is 0 Å². The molecule has 0 saturated carbocycles. The summed E-state index contributed by atoms with van der Waals surface area (Å²) < 4.78 is 39.0. The van der Waals surface area contributed by atoms with Gasteiger partial charge >= 0.3 is 0 Å². The Kier molecular flexibility index (Phi) is 6.01. The van der Waals surface area contributed by atoms with Crippen LogP contribution in [0.25, 0.3) is 0 Å². The van der Waals surface area contributed by atoms with Gasteiger partial charge in [-0.15, -0.1) is 0 Å². The second-order valence-electron chi connectivity index (χ2n) is 6.82. The topological polar surface area (TPSA) is 93.7 Å². The van der Waals surface area contributed by atoms with E-state index in [4.69, 9.17) is 21.1 Å². The Hall–Kier alpha value is -3.23. The third kappa shape index (κ3) is 4.92. The van der Waals surface area contributed by atoms with E-state index >= 15 is 0 Å². The third-order valence-corrected chi connectivity index (χ3v) is 6.30. The van der Waals surface area contributed by atoms with Crippen molar-refractivity contribution in [3.8, 4) is 11.5 Å². The summed E-state index contributed by atoms with van der Waals surface area (Å²) in [5.41, 5.74) is 0.372. The largest absolute Gasteiger partial charge is 0.486 e. The first-order valence-electron chi connectivity index (χ1n) is 9.46. The minimum absolute atomic E-state index is 0.116. The van der Waals surface area contributed by atoms with Crippen LogP contribution in [0.1, 0.15) is 10.4 Å². The van der Waals surface area contributed by atoms with E-state index in [2.05, 4.69) is 10.0 Å². The minimum atomic E-state index is -3.79. The van der Waals surface area contributed by atoms with Gasteiger partial charge in [0.1, 0.15) is 12.7 Å².